The maximum Gasteiger partial charge on any atom is 0.268 e. The van der Waals surface area contributed by atoms with Crippen LogP contribution in [0.25, 0.3) is 6.08 Å². The highest BCUT2D eigenvalue weighted by Crippen LogP contribution is 2.13. The van der Waals surface area contributed by atoms with Crippen molar-refractivity contribution in [2.24, 2.45) is 0 Å². The van der Waals surface area contributed by atoms with Gasteiger partial charge in [0.05, 0.1) is 12.8 Å². The molecule has 0 radical (unpaired) electrons. The normalized spacial score (nSPS) is 11.1. The van der Waals surface area contributed by atoms with Gasteiger partial charge in [-0.2, -0.15) is 0 Å². The SMILES string of the molecule is O=C(NCc1ccco1)/C(=C/c1ccc(Cl)cc1)NC(=O)c1ccccc1. The van der Waals surface area contributed by atoms with Crippen LogP contribution < -0.4 is 10.6 Å². The summed E-state index contributed by atoms with van der Waals surface area (Å²) in [5.74, 6) is -0.182. The summed E-state index contributed by atoms with van der Waals surface area (Å²) in [7, 11) is 0. The molecule has 0 aliphatic heterocycles. The number of carbonyl (C=O) groups excluding carboxylic acids is 2. The molecule has 0 fully saturated rings. The predicted octanol–water partition coefficient (Wildman–Crippen LogP) is 4.02. The molecular formula is C21H17ClN2O3. The lowest BCUT2D eigenvalue weighted by Crippen LogP contribution is -2.34. The van der Waals surface area contributed by atoms with Crippen LogP contribution in [0, 0.1) is 0 Å². The molecular weight excluding hydrogens is 364 g/mol. The molecule has 3 rings (SSSR count). The molecule has 0 atom stereocenters. The van der Waals surface area contributed by atoms with E-state index in [-0.39, 0.29) is 18.1 Å². The summed E-state index contributed by atoms with van der Waals surface area (Å²) in [6, 6.07) is 19.1. The van der Waals surface area contributed by atoms with E-state index in [1.54, 1.807) is 66.7 Å². The molecule has 1 heterocycles. The molecule has 3 aromatic rings. The van der Waals surface area contributed by atoms with Crippen molar-refractivity contribution in [1.82, 2.24) is 10.6 Å². The van der Waals surface area contributed by atoms with E-state index in [0.29, 0.717) is 16.3 Å². The third-order valence-corrected chi connectivity index (χ3v) is 3.97. The summed E-state index contributed by atoms with van der Waals surface area (Å²) in [6.07, 6.45) is 3.12. The Labute approximate surface area is 161 Å². The number of halogens is 1. The molecule has 1 aromatic heterocycles. The van der Waals surface area contributed by atoms with E-state index in [9.17, 15) is 9.59 Å². The molecule has 0 unspecified atom stereocenters. The summed E-state index contributed by atoms with van der Waals surface area (Å²) < 4.78 is 5.21. The van der Waals surface area contributed by atoms with E-state index in [1.165, 1.54) is 6.26 Å². The molecule has 2 aromatic carbocycles. The minimum absolute atomic E-state index is 0.123. The van der Waals surface area contributed by atoms with Crippen LogP contribution in [0.5, 0.6) is 0 Å². The van der Waals surface area contributed by atoms with Gasteiger partial charge in [0.15, 0.2) is 0 Å². The van der Waals surface area contributed by atoms with Crippen molar-refractivity contribution in [3.8, 4) is 0 Å². The first kappa shape index (κ1) is 18.5. The maximum absolute atomic E-state index is 12.6. The van der Waals surface area contributed by atoms with Crippen molar-refractivity contribution in [2.75, 3.05) is 0 Å². The fourth-order valence-electron chi connectivity index (χ4n) is 2.34. The van der Waals surface area contributed by atoms with Gasteiger partial charge in [0.2, 0.25) is 0 Å². The quantitative estimate of drug-likeness (QED) is 0.634. The van der Waals surface area contributed by atoms with E-state index in [4.69, 9.17) is 16.0 Å². The summed E-state index contributed by atoms with van der Waals surface area (Å²) in [4.78, 5) is 25.1. The lowest BCUT2D eigenvalue weighted by molar-refractivity contribution is -0.118. The monoisotopic (exact) mass is 380 g/mol. The van der Waals surface area contributed by atoms with E-state index in [1.807, 2.05) is 6.07 Å². The van der Waals surface area contributed by atoms with Gasteiger partial charge < -0.3 is 15.1 Å². The Bertz CT molecular complexity index is 933. The van der Waals surface area contributed by atoms with Crippen LogP contribution in [-0.4, -0.2) is 11.8 Å². The first-order valence-electron chi connectivity index (χ1n) is 8.26. The molecule has 6 heteroatoms. The van der Waals surface area contributed by atoms with E-state index in [2.05, 4.69) is 10.6 Å². The number of furan rings is 1. The minimum atomic E-state index is -0.425. The number of hydrogen-bond donors (Lipinski definition) is 2. The smallest absolute Gasteiger partial charge is 0.268 e. The summed E-state index contributed by atoms with van der Waals surface area (Å²) >= 11 is 5.90. The molecule has 27 heavy (non-hydrogen) atoms. The average Bonchev–Trinajstić information content (AvgIpc) is 3.21. The lowest BCUT2D eigenvalue weighted by Gasteiger charge is -2.11. The molecule has 0 saturated heterocycles. The van der Waals surface area contributed by atoms with E-state index in [0.717, 1.165) is 5.56 Å². The predicted molar refractivity (Wildman–Crippen MR) is 104 cm³/mol. The number of rotatable bonds is 6. The maximum atomic E-state index is 12.6. The lowest BCUT2D eigenvalue weighted by atomic mass is 10.1. The average molecular weight is 381 g/mol. The van der Waals surface area contributed by atoms with Crippen LogP contribution in [0.3, 0.4) is 0 Å². The van der Waals surface area contributed by atoms with Crippen LogP contribution >= 0.6 is 11.6 Å². The molecule has 0 saturated carbocycles. The molecule has 136 valence electrons. The Morgan fingerprint density at radius 1 is 0.963 bits per heavy atom. The van der Waals surface area contributed by atoms with Crippen LogP contribution in [-0.2, 0) is 11.3 Å². The fourth-order valence-corrected chi connectivity index (χ4v) is 2.47. The van der Waals surface area contributed by atoms with Crippen LogP contribution in [0.4, 0.5) is 0 Å². The Morgan fingerprint density at radius 2 is 1.70 bits per heavy atom. The van der Waals surface area contributed by atoms with Crippen molar-refractivity contribution < 1.29 is 14.0 Å². The Kier molecular flexibility index (Phi) is 6.07. The van der Waals surface area contributed by atoms with Gasteiger partial charge in [-0.1, -0.05) is 41.9 Å². The molecule has 0 spiro atoms. The van der Waals surface area contributed by atoms with Crippen LogP contribution in [0.1, 0.15) is 21.7 Å². The van der Waals surface area contributed by atoms with Crippen molar-refractivity contribution in [2.45, 2.75) is 6.54 Å². The first-order chi connectivity index (χ1) is 13.1. The van der Waals surface area contributed by atoms with Crippen molar-refractivity contribution >= 4 is 29.5 Å². The summed E-state index contributed by atoms with van der Waals surface area (Å²) in [5, 5.41) is 5.99. The highest BCUT2D eigenvalue weighted by molar-refractivity contribution is 6.30. The third kappa shape index (κ3) is 5.33. The summed E-state index contributed by atoms with van der Waals surface area (Å²) in [5.41, 5.74) is 1.31. The molecule has 2 N–H and O–H groups in total. The van der Waals surface area contributed by atoms with Crippen molar-refractivity contribution in [3.05, 3.63) is 101 Å². The first-order valence-corrected chi connectivity index (χ1v) is 8.64. The Hall–Kier alpha value is -3.31. The van der Waals surface area contributed by atoms with Gasteiger partial charge >= 0.3 is 0 Å². The Balaban J connectivity index is 1.80. The fraction of sp³-hybridized carbons (Fsp3) is 0.0476. The summed E-state index contributed by atoms with van der Waals surface area (Å²) in [6.45, 7) is 0.213. The highest BCUT2D eigenvalue weighted by atomic mass is 35.5. The number of hydrogen-bond acceptors (Lipinski definition) is 3. The zero-order valence-corrected chi connectivity index (χ0v) is 15.1. The second-order valence-electron chi connectivity index (χ2n) is 5.69. The number of amides is 2. The minimum Gasteiger partial charge on any atom is -0.467 e. The van der Waals surface area contributed by atoms with Crippen LogP contribution in [0.15, 0.2) is 83.1 Å². The van der Waals surface area contributed by atoms with Crippen molar-refractivity contribution in [3.63, 3.8) is 0 Å². The molecule has 0 aliphatic rings. The van der Waals surface area contributed by atoms with Gasteiger partial charge in [-0.3, -0.25) is 9.59 Å². The van der Waals surface area contributed by atoms with Crippen LogP contribution in [0.2, 0.25) is 5.02 Å². The van der Waals surface area contributed by atoms with Gasteiger partial charge in [-0.05, 0) is 48.0 Å². The third-order valence-electron chi connectivity index (χ3n) is 3.71. The Morgan fingerprint density at radius 3 is 2.37 bits per heavy atom. The van der Waals surface area contributed by atoms with E-state index >= 15 is 0 Å². The van der Waals surface area contributed by atoms with Gasteiger partial charge in [0.1, 0.15) is 11.5 Å². The molecule has 0 aliphatic carbocycles. The topological polar surface area (TPSA) is 71.3 Å². The second-order valence-corrected chi connectivity index (χ2v) is 6.13. The number of benzene rings is 2. The number of nitrogens with one attached hydrogen (secondary N) is 2. The van der Waals surface area contributed by atoms with Crippen molar-refractivity contribution in [1.29, 1.82) is 0 Å². The largest absolute Gasteiger partial charge is 0.467 e. The van der Waals surface area contributed by atoms with Gasteiger partial charge in [0.25, 0.3) is 11.8 Å². The molecule has 5 nitrogen and oxygen atoms in total. The highest BCUT2D eigenvalue weighted by Gasteiger charge is 2.15. The van der Waals surface area contributed by atoms with Gasteiger partial charge in [0, 0.05) is 10.6 Å². The molecule has 0 bridgehead atoms. The van der Waals surface area contributed by atoms with Gasteiger partial charge in [-0.25, -0.2) is 0 Å². The molecule has 2 amide bonds. The zero-order chi connectivity index (χ0) is 19.1. The second kappa shape index (κ2) is 8.87. The number of carbonyl (C=O) groups is 2. The van der Waals surface area contributed by atoms with Gasteiger partial charge in [-0.15, -0.1) is 0 Å². The van der Waals surface area contributed by atoms with E-state index < -0.39 is 5.91 Å². The standard InChI is InChI=1S/C21H17ClN2O3/c22-17-10-8-15(9-11-17)13-19(21(26)23-14-18-7-4-12-27-18)24-20(25)16-5-2-1-3-6-16/h1-13H,14H2,(H,23,26)(H,24,25)/b19-13-. The zero-order valence-electron chi connectivity index (χ0n) is 14.3.